The van der Waals surface area contributed by atoms with E-state index in [0.717, 1.165) is 12.0 Å². The minimum Gasteiger partial charge on any atom is -0.336 e. The van der Waals surface area contributed by atoms with Gasteiger partial charge in [0.2, 0.25) is 0 Å². The van der Waals surface area contributed by atoms with Crippen LogP contribution in [0, 0.1) is 5.82 Å². The molecule has 1 atom stereocenters. The normalized spacial score (nSPS) is 19.4. The zero-order valence-corrected chi connectivity index (χ0v) is 16.5. The summed E-state index contributed by atoms with van der Waals surface area (Å²) >= 11 is 0. The Kier molecular flexibility index (Phi) is 5.49. The highest BCUT2D eigenvalue weighted by Crippen LogP contribution is 2.27. The summed E-state index contributed by atoms with van der Waals surface area (Å²) in [7, 11) is 0. The number of carbonyl (C=O) groups excluding carboxylic acids is 2. The van der Waals surface area contributed by atoms with Gasteiger partial charge in [-0.1, -0.05) is 31.2 Å². The smallest absolute Gasteiger partial charge is 0.321 e. The molecular weight excluding hydrogens is 371 g/mol. The minimum atomic E-state index is -0.572. The van der Waals surface area contributed by atoms with Crippen LogP contribution in [0.4, 0.5) is 14.9 Å². The van der Waals surface area contributed by atoms with Gasteiger partial charge in [-0.05, 0) is 35.7 Å². The van der Waals surface area contributed by atoms with Crippen molar-refractivity contribution in [2.45, 2.75) is 19.4 Å². The van der Waals surface area contributed by atoms with Crippen LogP contribution in [-0.2, 0) is 6.42 Å². The molecule has 29 heavy (non-hydrogen) atoms. The first-order valence-corrected chi connectivity index (χ1v) is 10.0. The molecule has 0 radical (unpaired) electrons. The van der Waals surface area contributed by atoms with Crippen molar-refractivity contribution in [1.29, 1.82) is 0 Å². The van der Waals surface area contributed by atoms with Crippen molar-refractivity contribution in [1.82, 2.24) is 15.5 Å². The zero-order valence-electron chi connectivity index (χ0n) is 16.5. The molecule has 7 heteroatoms. The average molecular weight is 396 g/mol. The lowest BCUT2D eigenvalue weighted by Gasteiger charge is -2.37. The van der Waals surface area contributed by atoms with Crippen molar-refractivity contribution in [3.8, 4) is 0 Å². The quantitative estimate of drug-likeness (QED) is 0.835. The summed E-state index contributed by atoms with van der Waals surface area (Å²) < 4.78 is 14.6. The number of anilines is 1. The van der Waals surface area contributed by atoms with Gasteiger partial charge in [-0.25, -0.2) is 9.18 Å². The lowest BCUT2D eigenvalue weighted by atomic mass is 9.99. The molecule has 4 rings (SSSR count). The van der Waals surface area contributed by atoms with Crippen molar-refractivity contribution in [2.24, 2.45) is 0 Å². The molecule has 0 bridgehead atoms. The van der Waals surface area contributed by atoms with E-state index in [9.17, 15) is 14.0 Å². The molecule has 3 amide bonds. The molecule has 2 aliphatic rings. The van der Waals surface area contributed by atoms with E-state index in [1.807, 2.05) is 12.1 Å². The molecule has 2 saturated heterocycles. The second-order valence-electron chi connectivity index (χ2n) is 7.36. The Morgan fingerprint density at radius 3 is 2.62 bits per heavy atom. The maximum absolute atomic E-state index is 14.6. The highest BCUT2D eigenvalue weighted by Gasteiger charge is 2.31. The van der Waals surface area contributed by atoms with E-state index in [1.54, 1.807) is 4.90 Å². The molecule has 1 unspecified atom stereocenters. The number of nitrogens with one attached hydrogen (secondary N) is 2. The lowest BCUT2D eigenvalue weighted by molar-refractivity contribution is 0.0629. The molecule has 2 aliphatic heterocycles. The maximum atomic E-state index is 14.6. The van der Waals surface area contributed by atoms with Gasteiger partial charge in [0.1, 0.15) is 5.82 Å². The monoisotopic (exact) mass is 396 g/mol. The molecule has 2 fully saturated rings. The third kappa shape index (κ3) is 3.82. The molecule has 0 saturated carbocycles. The molecule has 6 nitrogen and oxygen atoms in total. The van der Waals surface area contributed by atoms with E-state index in [-0.39, 0.29) is 23.5 Å². The average Bonchev–Trinajstić information content (AvgIpc) is 3.19. The number of carbonyl (C=O) groups is 2. The van der Waals surface area contributed by atoms with Crippen molar-refractivity contribution in [3.63, 3.8) is 0 Å². The predicted molar refractivity (Wildman–Crippen MR) is 110 cm³/mol. The van der Waals surface area contributed by atoms with Crippen molar-refractivity contribution in [2.75, 3.05) is 37.6 Å². The van der Waals surface area contributed by atoms with Crippen LogP contribution in [0.5, 0.6) is 0 Å². The molecule has 152 valence electrons. The van der Waals surface area contributed by atoms with Crippen LogP contribution in [0.2, 0.25) is 0 Å². The molecule has 2 N–H and O–H groups in total. The first-order valence-electron chi connectivity index (χ1n) is 10.0. The number of rotatable bonds is 4. The number of urea groups is 1. The van der Waals surface area contributed by atoms with Crippen molar-refractivity contribution in [3.05, 3.63) is 65.0 Å². The van der Waals surface area contributed by atoms with Gasteiger partial charge in [-0.3, -0.25) is 9.69 Å². The Morgan fingerprint density at radius 1 is 1.14 bits per heavy atom. The standard InChI is InChI=1S/C22H25FN4O2/c1-2-15-3-5-16(6-4-15)20-14-24-9-11-27(20)21(28)18-13-17(7-8-19(18)23)26-12-10-25-22(26)29/h3-8,13,20,24H,2,9-12,14H2,1H3,(H,25,29). The van der Waals surface area contributed by atoms with E-state index < -0.39 is 5.82 Å². The first-order chi connectivity index (χ1) is 14.1. The fraction of sp³-hybridized carbons (Fsp3) is 0.364. The van der Waals surface area contributed by atoms with Gasteiger partial charge in [-0.2, -0.15) is 0 Å². The fourth-order valence-corrected chi connectivity index (χ4v) is 3.94. The highest BCUT2D eigenvalue weighted by atomic mass is 19.1. The van der Waals surface area contributed by atoms with Crippen LogP contribution in [-0.4, -0.2) is 49.6 Å². The van der Waals surface area contributed by atoms with Gasteiger partial charge in [0, 0.05) is 38.4 Å². The summed E-state index contributed by atoms with van der Waals surface area (Å²) in [6, 6.07) is 12.1. The SMILES string of the molecule is CCc1ccc(C2CNCCN2C(=O)c2cc(N3CCNC3=O)ccc2F)cc1. The molecule has 0 aliphatic carbocycles. The molecular formula is C22H25FN4O2. The van der Waals surface area contributed by atoms with Gasteiger partial charge >= 0.3 is 6.03 Å². The van der Waals surface area contributed by atoms with E-state index >= 15 is 0 Å². The third-order valence-corrected chi connectivity index (χ3v) is 5.63. The summed E-state index contributed by atoms with van der Waals surface area (Å²) in [4.78, 5) is 28.5. The van der Waals surface area contributed by atoms with Gasteiger partial charge < -0.3 is 15.5 Å². The number of aryl methyl sites for hydroxylation is 1. The first kappa shape index (κ1) is 19.4. The zero-order chi connectivity index (χ0) is 20.4. The Bertz CT molecular complexity index is 916. The summed E-state index contributed by atoms with van der Waals surface area (Å²) in [6.07, 6.45) is 0.952. The topological polar surface area (TPSA) is 64.7 Å². The van der Waals surface area contributed by atoms with E-state index in [4.69, 9.17) is 0 Å². The Balaban J connectivity index is 1.63. The van der Waals surface area contributed by atoms with Crippen LogP contribution in [0.15, 0.2) is 42.5 Å². The Labute approximate surface area is 169 Å². The Morgan fingerprint density at radius 2 is 1.93 bits per heavy atom. The second kappa shape index (κ2) is 8.21. The van der Waals surface area contributed by atoms with E-state index in [1.165, 1.54) is 28.7 Å². The molecule has 0 aromatic heterocycles. The fourth-order valence-electron chi connectivity index (χ4n) is 3.94. The van der Waals surface area contributed by atoms with Crippen molar-refractivity contribution >= 4 is 17.6 Å². The Hall–Kier alpha value is -2.93. The maximum Gasteiger partial charge on any atom is 0.321 e. The van der Waals surface area contributed by atoms with Crippen LogP contribution in [0.1, 0.15) is 34.5 Å². The summed E-state index contributed by atoms with van der Waals surface area (Å²) in [6.45, 7) is 4.90. The molecule has 0 spiro atoms. The van der Waals surface area contributed by atoms with Crippen molar-refractivity contribution < 1.29 is 14.0 Å². The van der Waals surface area contributed by atoms with Gasteiger partial charge in [0.25, 0.3) is 5.91 Å². The number of hydrogen-bond donors (Lipinski definition) is 2. The highest BCUT2D eigenvalue weighted by molar-refractivity contribution is 5.99. The van der Waals surface area contributed by atoms with Gasteiger partial charge in [-0.15, -0.1) is 0 Å². The van der Waals surface area contributed by atoms with Crippen LogP contribution in [0.25, 0.3) is 0 Å². The van der Waals surface area contributed by atoms with Crippen LogP contribution < -0.4 is 15.5 Å². The van der Waals surface area contributed by atoms with Crippen LogP contribution >= 0.6 is 0 Å². The summed E-state index contributed by atoms with van der Waals surface area (Å²) in [5.74, 6) is -0.924. The lowest BCUT2D eigenvalue weighted by Crippen LogP contribution is -2.48. The van der Waals surface area contributed by atoms with Crippen LogP contribution in [0.3, 0.4) is 0 Å². The summed E-state index contributed by atoms with van der Waals surface area (Å²) in [5, 5.41) is 6.05. The number of hydrogen-bond acceptors (Lipinski definition) is 3. The molecule has 2 aromatic rings. The van der Waals surface area contributed by atoms with E-state index in [0.29, 0.717) is 38.4 Å². The van der Waals surface area contributed by atoms with E-state index in [2.05, 4.69) is 29.7 Å². The number of piperazine rings is 1. The molecule has 2 aromatic carbocycles. The molecule has 2 heterocycles. The van der Waals surface area contributed by atoms with Gasteiger partial charge in [0.15, 0.2) is 0 Å². The summed E-state index contributed by atoms with van der Waals surface area (Å²) in [5.41, 5.74) is 2.79. The number of nitrogens with zero attached hydrogens (tertiary/aromatic N) is 2. The number of halogens is 1. The number of amides is 3. The second-order valence-corrected chi connectivity index (χ2v) is 7.36. The predicted octanol–water partition coefficient (Wildman–Crippen LogP) is 2.70. The third-order valence-electron chi connectivity index (χ3n) is 5.63. The number of benzene rings is 2. The van der Waals surface area contributed by atoms with Gasteiger partial charge in [0.05, 0.1) is 11.6 Å². The largest absolute Gasteiger partial charge is 0.336 e. The minimum absolute atomic E-state index is 0.000668.